The third-order valence-electron chi connectivity index (χ3n) is 10.2. The molecule has 1 aromatic heterocycles. The van der Waals surface area contributed by atoms with E-state index in [0.717, 1.165) is 67.8 Å². The van der Waals surface area contributed by atoms with Crippen LogP contribution in [0.1, 0.15) is 55.3 Å². The molecule has 2 fully saturated rings. The molecule has 4 aliphatic rings. The minimum Gasteiger partial charge on any atom is -0.462 e. The smallest absolute Gasteiger partial charge is 0.318 e. The van der Waals surface area contributed by atoms with Gasteiger partial charge in [-0.1, -0.05) is 36.4 Å². The number of nitrogens with zero attached hydrogens (tertiary/aromatic N) is 7. The van der Waals surface area contributed by atoms with Crippen molar-refractivity contribution in [2.75, 3.05) is 56.2 Å². The highest BCUT2D eigenvalue weighted by molar-refractivity contribution is 5.97. The van der Waals surface area contributed by atoms with E-state index in [2.05, 4.69) is 77.2 Å². The second-order valence-electron chi connectivity index (χ2n) is 13.0. The molecule has 9 heteroatoms. The Morgan fingerprint density at radius 2 is 1.89 bits per heavy atom. The number of carbonyl (C=O) groups excluding carboxylic acids is 1. The van der Waals surface area contributed by atoms with Crippen LogP contribution < -0.4 is 14.5 Å². The number of fused-ring (bicyclic) bond motifs is 2. The van der Waals surface area contributed by atoms with Crippen molar-refractivity contribution in [1.82, 2.24) is 19.8 Å². The maximum absolute atomic E-state index is 13.4. The molecule has 2 saturated heterocycles. The first-order valence-electron chi connectivity index (χ1n) is 16.6. The number of nitriles is 1. The molecule has 0 bridgehead atoms. The second-order valence-corrected chi connectivity index (χ2v) is 13.0. The predicted molar refractivity (Wildman–Crippen MR) is 176 cm³/mol. The molecular formula is C36H43N7O2. The lowest BCUT2D eigenvalue weighted by molar-refractivity contribution is -0.129. The highest BCUT2D eigenvalue weighted by atomic mass is 16.5. The molecule has 0 N–H and O–H groups in total. The molecule has 2 aromatic carbocycles. The van der Waals surface area contributed by atoms with Crippen LogP contribution in [0.25, 0.3) is 10.8 Å². The molecule has 2 atom stereocenters. The Bertz CT molecular complexity index is 1660. The van der Waals surface area contributed by atoms with Gasteiger partial charge in [0.2, 0.25) is 5.91 Å². The van der Waals surface area contributed by atoms with E-state index in [0.29, 0.717) is 51.3 Å². The number of hydrogen-bond acceptors (Lipinski definition) is 8. The minimum absolute atomic E-state index is 0.0999. The Morgan fingerprint density at radius 1 is 1.02 bits per heavy atom. The molecule has 9 nitrogen and oxygen atoms in total. The van der Waals surface area contributed by atoms with Gasteiger partial charge in [-0.05, 0) is 76.1 Å². The van der Waals surface area contributed by atoms with Crippen molar-refractivity contribution in [1.29, 1.82) is 5.26 Å². The van der Waals surface area contributed by atoms with Crippen molar-refractivity contribution in [3.8, 4) is 12.1 Å². The van der Waals surface area contributed by atoms with Gasteiger partial charge in [0.05, 0.1) is 30.8 Å². The summed E-state index contributed by atoms with van der Waals surface area (Å²) in [6.07, 6.45) is 8.32. The number of aryl methyl sites for hydroxylation is 1. The van der Waals surface area contributed by atoms with Crippen LogP contribution in [0.15, 0.2) is 48.0 Å². The van der Waals surface area contributed by atoms with Crippen molar-refractivity contribution in [2.45, 2.75) is 70.5 Å². The molecule has 3 aromatic rings. The molecule has 1 amide bonds. The third-order valence-corrected chi connectivity index (χ3v) is 10.2. The van der Waals surface area contributed by atoms with E-state index >= 15 is 0 Å². The van der Waals surface area contributed by atoms with Gasteiger partial charge in [0, 0.05) is 54.4 Å². The van der Waals surface area contributed by atoms with Gasteiger partial charge >= 0.3 is 6.01 Å². The lowest BCUT2D eigenvalue weighted by atomic mass is 9.99. The number of anilines is 2. The van der Waals surface area contributed by atoms with E-state index in [1.807, 2.05) is 4.90 Å². The maximum Gasteiger partial charge on any atom is 0.318 e. The van der Waals surface area contributed by atoms with Crippen molar-refractivity contribution < 1.29 is 9.53 Å². The lowest BCUT2D eigenvalue weighted by Gasteiger charge is -2.42. The number of allylic oxidation sites excluding steroid dienone is 1. The normalized spacial score (nSPS) is 22.0. The Hall–Kier alpha value is -4.16. The number of piperazine rings is 1. The summed E-state index contributed by atoms with van der Waals surface area (Å²) in [6.45, 7) is 7.19. The number of benzene rings is 2. The monoisotopic (exact) mass is 605 g/mol. The average molecular weight is 606 g/mol. The van der Waals surface area contributed by atoms with E-state index in [1.165, 1.54) is 28.4 Å². The number of likely N-dealkylation sites (N-methyl/N-ethyl adjacent to an activating group) is 1. The second kappa shape index (κ2) is 12.7. The zero-order valence-corrected chi connectivity index (χ0v) is 26.5. The van der Waals surface area contributed by atoms with E-state index < -0.39 is 0 Å². The summed E-state index contributed by atoms with van der Waals surface area (Å²) in [5.41, 5.74) is 5.56. The molecule has 0 saturated carbocycles. The van der Waals surface area contributed by atoms with Crippen LogP contribution in [-0.2, 0) is 17.8 Å². The first-order valence-corrected chi connectivity index (χ1v) is 16.6. The molecule has 3 aliphatic heterocycles. The number of amides is 1. The van der Waals surface area contributed by atoms with Crippen LogP contribution in [0.4, 0.5) is 11.5 Å². The van der Waals surface area contributed by atoms with Gasteiger partial charge < -0.3 is 24.3 Å². The van der Waals surface area contributed by atoms with E-state index in [-0.39, 0.29) is 11.9 Å². The van der Waals surface area contributed by atoms with Gasteiger partial charge in [0.15, 0.2) is 0 Å². The standard InChI is InChI=1S/C36H43N7O2/c1-25-8-5-11-26-12-6-14-32(33(25)26)41-19-16-30-31(23-41)38-36(45-24-29-13-7-18-40(29)2)39-34(30)42-20-21-43(28(22-42)15-17-37)35(44)27-9-3-4-10-27/h5-6,8-9,11-12,14,28-29H,3-4,7,10,13,15-16,18-24H2,1-2H3/t28-,29-/m0/s1. The van der Waals surface area contributed by atoms with E-state index in [4.69, 9.17) is 14.7 Å². The van der Waals surface area contributed by atoms with Gasteiger partial charge in [0.25, 0.3) is 0 Å². The molecular weight excluding hydrogens is 562 g/mol. The Kier molecular flexibility index (Phi) is 8.33. The van der Waals surface area contributed by atoms with Crippen LogP contribution in [-0.4, -0.2) is 84.1 Å². The molecule has 0 unspecified atom stereocenters. The molecule has 4 heterocycles. The summed E-state index contributed by atoms with van der Waals surface area (Å²) in [7, 11) is 2.15. The fourth-order valence-electron chi connectivity index (χ4n) is 7.69. The number of rotatable bonds is 7. The van der Waals surface area contributed by atoms with Gasteiger partial charge in [-0.15, -0.1) is 0 Å². The predicted octanol–water partition coefficient (Wildman–Crippen LogP) is 5.02. The number of aromatic nitrogens is 2. The van der Waals surface area contributed by atoms with E-state index in [9.17, 15) is 10.1 Å². The number of carbonyl (C=O) groups is 1. The Balaban J connectivity index is 1.20. The van der Waals surface area contributed by atoms with Crippen LogP contribution in [0.2, 0.25) is 0 Å². The molecule has 234 valence electrons. The van der Waals surface area contributed by atoms with Crippen molar-refractivity contribution in [2.24, 2.45) is 0 Å². The molecule has 7 rings (SSSR count). The van der Waals surface area contributed by atoms with Crippen molar-refractivity contribution in [3.63, 3.8) is 0 Å². The van der Waals surface area contributed by atoms with Crippen molar-refractivity contribution >= 4 is 28.2 Å². The maximum atomic E-state index is 13.4. The largest absolute Gasteiger partial charge is 0.462 e. The summed E-state index contributed by atoms with van der Waals surface area (Å²) in [6, 6.07) is 16.0. The molecule has 1 aliphatic carbocycles. The SMILES string of the molecule is Cc1cccc2cccc(N3CCc4c(nc(OC[C@@H]5CCCN5C)nc4N4CCN(C(=O)C5=CCCC5)[C@@H](CC#N)C4)C3)c12. The highest BCUT2D eigenvalue weighted by Gasteiger charge is 2.35. The molecule has 0 spiro atoms. The minimum atomic E-state index is -0.182. The lowest BCUT2D eigenvalue weighted by Crippen LogP contribution is -2.56. The average Bonchev–Trinajstić information content (AvgIpc) is 3.75. The molecule has 45 heavy (non-hydrogen) atoms. The van der Waals surface area contributed by atoms with Crippen LogP contribution in [0.5, 0.6) is 6.01 Å². The summed E-state index contributed by atoms with van der Waals surface area (Å²) < 4.78 is 6.36. The fraction of sp³-hybridized carbons (Fsp3) is 0.500. The third kappa shape index (κ3) is 5.84. The highest BCUT2D eigenvalue weighted by Crippen LogP contribution is 2.36. The Morgan fingerprint density at radius 3 is 2.67 bits per heavy atom. The van der Waals surface area contributed by atoms with Crippen LogP contribution in [0, 0.1) is 18.3 Å². The van der Waals surface area contributed by atoms with Gasteiger partial charge in [-0.3, -0.25) is 4.79 Å². The first-order chi connectivity index (χ1) is 22.0. The van der Waals surface area contributed by atoms with Crippen LogP contribution >= 0.6 is 0 Å². The summed E-state index contributed by atoms with van der Waals surface area (Å²) >= 11 is 0. The number of hydrogen-bond donors (Lipinski definition) is 0. The van der Waals surface area contributed by atoms with Gasteiger partial charge in [-0.25, -0.2) is 0 Å². The van der Waals surface area contributed by atoms with Crippen molar-refractivity contribution in [3.05, 3.63) is 64.9 Å². The summed E-state index contributed by atoms with van der Waals surface area (Å²) in [5, 5.41) is 12.3. The fourth-order valence-corrected chi connectivity index (χ4v) is 7.69. The zero-order valence-electron chi connectivity index (χ0n) is 26.5. The number of likely N-dealkylation sites (tertiary alicyclic amines) is 1. The first kappa shape index (κ1) is 29.5. The topological polar surface area (TPSA) is 88.8 Å². The summed E-state index contributed by atoms with van der Waals surface area (Å²) in [5.74, 6) is 1.00. The number of ether oxygens (including phenoxy) is 1. The van der Waals surface area contributed by atoms with Crippen LogP contribution in [0.3, 0.4) is 0 Å². The Labute approximate surface area is 266 Å². The van der Waals surface area contributed by atoms with Gasteiger partial charge in [-0.2, -0.15) is 15.2 Å². The quantitative estimate of drug-likeness (QED) is 0.371. The van der Waals surface area contributed by atoms with E-state index in [1.54, 1.807) is 0 Å². The summed E-state index contributed by atoms with van der Waals surface area (Å²) in [4.78, 5) is 32.5. The van der Waals surface area contributed by atoms with Gasteiger partial charge in [0.1, 0.15) is 12.4 Å². The zero-order chi connectivity index (χ0) is 30.9. The molecule has 0 radical (unpaired) electrons.